The second kappa shape index (κ2) is 10.2. The number of nitrogens with one attached hydrogen (secondary N) is 1. The van der Waals surface area contributed by atoms with Crippen LogP contribution in [0.2, 0.25) is 0 Å². The zero-order valence-corrected chi connectivity index (χ0v) is 18.1. The SMILES string of the molecule is CCOC(=O)c1cc(C(=O)OC)c(C)nc1N1CCC(N[C@@H]2CCCC[C@H]2O)CC1. The van der Waals surface area contributed by atoms with Gasteiger partial charge in [-0.25, -0.2) is 14.6 Å². The van der Waals surface area contributed by atoms with E-state index in [1.807, 2.05) is 0 Å². The number of methoxy groups -OCH3 is 1. The first-order valence-electron chi connectivity index (χ1n) is 10.9. The first kappa shape index (κ1) is 22.5. The molecule has 1 aromatic heterocycles. The molecule has 1 saturated carbocycles. The van der Waals surface area contributed by atoms with Gasteiger partial charge in [0.1, 0.15) is 11.4 Å². The summed E-state index contributed by atoms with van der Waals surface area (Å²) in [5.41, 5.74) is 1.08. The van der Waals surface area contributed by atoms with Crippen molar-refractivity contribution >= 4 is 17.8 Å². The van der Waals surface area contributed by atoms with Crippen molar-refractivity contribution in [3.05, 3.63) is 22.9 Å². The number of carbonyl (C=O) groups is 2. The van der Waals surface area contributed by atoms with Crippen LogP contribution in [0.25, 0.3) is 0 Å². The fourth-order valence-electron chi connectivity index (χ4n) is 4.38. The maximum absolute atomic E-state index is 12.6. The molecule has 2 fully saturated rings. The summed E-state index contributed by atoms with van der Waals surface area (Å²) < 4.78 is 10.0. The van der Waals surface area contributed by atoms with Gasteiger partial charge in [0.25, 0.3) is 0 Å². The largest absolute Gasteiger partial charge is 0.465 e. The van der Waals surface area contributed by atoms with E-state index in [1.54, 1.807) is 13.8 Å². The molecule has 1 aliphatic heterocycles. The number of aryl methyl sites for hydroxylation is 1. The number of rotatable bonds is 6. The van der Waals surface area contributed by atoms with Crippen LogP contribution in [0.3, 0.4) is 0 Å². The molecular formula is C22H33N3O5. The van der Waals surface area contributed by atoms with Crippen LogP contribution in [0.4, 0.5) is 5.82 Å². The van der Waals surface area contributed by atoms with Gasteiger partial charge in [-0.05, 0) is 45.6 Å². The van der Waals surface area contributed by atoms with Crippen molar-refractivity contribution < 1.29 is 24.2 Å². The molecule has 2 heterocycles. The van der Waals surface area contributed by atoms with Gasteiger partial charge in [-0.15, -0.1) is 0 Å². The number of ether oxygens (including phenoxy) is 2. The molecule has 1 aliphatic carbocycles. The molecule has 3 rings (SSSR count). The Morgan fingerprint density at radius 2 is 1.87 bits per heavy atom. The number of hydrogen-bond donors (Lipinski definition) is 2. The highest BCUT2D eigenvalue weighted by Gasteiger charge is 2.30. The van der Waals surface area contributed by atoms with E-state index in [-0.39, 0.29) is 29.9 Å². The van der Waals surface area contributed by atoms with Crippen molar-refractivity contribution in [2.24, 2.45) is 0 Å². The minimum absolute atomic E-state index is 0.171. The molecule has 0 spiro atoms. The van der Waals surface area contributed by atoms with Crippen LogP contribution in [0.1, 0.15) is 71.9 Å². The van der Waals surface area contributed by atoms with Crippen molar-refractivity contribution in [3.63, 3.8) is 0 Å². The van der Waals surface area contributed by atoms with Crippen LogP contribution >= 0.6 is 0 Å². The van der Waals surface area contributed by atoms with E-state index >= 15 is 0 Å². The lowest BCUT2D eigenvalue weighted by Crippen LogP contribution is -2.51. The third-order valence-electron chi connectivity index (χ3n) is 6.07. The quantitative estimate of drug-likeness (QED) is 0.677. The Morgan fingerprint density at radius 3 is 2.50 bits per heavy atom. The molecule has 8 nitrogen and oxygen atoms in total. The summed E-state index contributed by atoms with van der Waals surface area (Å²) in [4.78, 5) is 31.3. The van der Waals surface area contributed by atoms with Crippen molar-refractivity contribution in [1.82, 2.24) is 10.3 Å². The van der Waals surface area contributed by atoms with Gasteiger partial charge in [0, 0.05) is 25.2 Å². The Balaban J connectivity index is 1.74. The van der Waals surface area contributed by atoms with Gasteiger partial charge in [0.05, 0.1) is 31.1 Å². The van der Waals surface area contributed by atoms with Crippen LogP contribution in [-0.4, -0.2) is 67.0 Å². The second-order valence-electron chi connectivity index (χ2n) is 8.09. The summed E-state index contributed by atoms with van der Waals surface area (Å²) in [6.07, 6.45) is 5.67. The van der Waals surface area contributed by atoms with E-state index in [0.717, 1.165) is 51.6 Å². The summed E-state index contributed by atoms with van der Waals surface area (Å²) in [5.74, 6) is -0.462. The molecule has 0 radical (unpaired) electrons. The fourth-order valence-corrected chi connectivity index (χ4v) is 4.38. The standard InChI is InChI=1S/C22H33N3O5/c1-4-30-22(28)17-13-16(21(27)29-3)14(2)23-20(17)25-11-9-15(10-12-25)24-18-7-5-6-8-19(18)26/h13,15,18-19,24,26H,4-12H2,1-3H3/t18-,19-/m1/s1. The first-order chi connectivity index (χ1) is 14.4. The molecule has 1 aromatic rings. The minimum atomic E-state index is -0.522. The minimum Gasteiger partial charge on any atom is -0.465 e. The van der Waals surface area contributed by atoms with Crippen molar-refractivity contribution in [2.75, 3.05) is 31.7 Å². The number of esters is 2. The van der Waals surface area contributed by atoms with E-state index in [4.69, 9.17) is 9.47 Å². The van der Waals surface area contributed by atoms with Crippen molar-refractivity contribution in [1.29, 1.82) is 0 Å². The molecule has 0 unspecified atom stereocenters. The number of carbonyl (C=O) groups excluding carboxylic acids is 2. The van der Waals surface area contributed by atoms with Crippen molar-refractivity contribution in [2.45, 2.75) is 70.6 Å². The normalized spacial score (nSPS) is 22.6. The van der Waals surface area contributed by atoms with Gasteiger partial charge in [0.15, 0.2) is 0 Å². The van der Waals surface area contributed by atoms with E-state index in [1.165, 1.54) is 13.2 Å². The Bertz CT molecular complexity index is 761. The second-order valence-corrected chi connectivity index (χ2v) is 8.09. The zero-order chi connectivity index (χ0) is 21.7. The van der Waals surface area contributed by atoms with Crippen LogP contribution in [-0.2, 0) is 9.47 Å². The Hall–Kier alpha value is -2.19. The van der Waals surface area contributed by atoms with E-state index in [2.05, 4.69) is 15.2 Å². The Morgan fingerprint density at radius 1 is 1.17 bits per heavy atom. The summed E-state index contributed by atoms with van der Waals surface area (Å²) in [6.45, 7) is 5.20. The van der Waals surface area contributed by atoms with Gasteiger partial charge in [0.2, 0.25) is 0 Å². The number of aliphatic hydroxyl groups is 1. The molecule has 0 amide bonds. The maximum atomic E-state index is 12.6. The van der Waals surface area contributed by atoms with Gasteiger partial charge in [-0.1, -0.05) is 12.8 Å². The average Bonchev–Trinajstić information content (AvgIpc) is 2.75. The number of piperidine rings is 1. The highest BCUT2D eigenvalue weighted by atomic mass is 16.5. The zero-order valence-electron chi connectivity index (χ0n) is 18.1. The number of aliphatic hydroxyl groups excluding tert-OH is 1. The number of hydrogen-bond acceptors (Lipinski definition) is 8. The van der Waals surface area contributed by atoms with Crippen LogP contribution in [0, 0.1) is 6.92 Å². The van der Waals surface area contributed by atoms with Gasteiger partial charge < -0.3 is 24.8 Å². The monoisotopic (exact) mass is 419 g/mol. The third kappa shape index (κ3) is 5.10. The lowest BCUT2D eigenvalue weighted by molar-refractivity contribution is 0.0526. The van der Waals surface area contributed by atoms with Crippen LogP contribution < -0.4 is 10.2 Å². The lowest BCUT2D eigenvalue weighted by atomic mass is 9.91. The molecule has 2 atom stereocenters. The highest BCUT2D eigenvalue weighted by molar-refractivity contribution is 5.99. The molecule has 0 bridgehead atoms. The summed E-state index contributed by atoms with van der Waals surface area (Å²) in [7, 11) is 1.31. The van der Waals surface area contributed by atoms with Crippen LogP contribution in [0.15, 0.2) is 6.07 Å². The smallest absolute Gasteiger partial charge is 0.341 e. The number of anilines is 1. The third-order valence-corrected chi connectivity index (χ3v) is 6.07. The van der Waals surface area contributed by atoms with Crippen molar-refractivity contribution in [3.8, 4) is 0 Å². The molecule has 2 N–H and O–H groups in total. The van der Waals surface area contributed by atoms with E-state index in [9.17, 15) is 14.7 Å². The lowest BCUT2D eigenvalue weighted by Gasteiger charge is -2.38. The van der Waals surface area contributed by atoms with Crippen LogP contribution in [0.5, 0.6) is 0 Å². The van der Waals surface area contributed by atoms with Gasteiger partial charge >= 0.3 is 11.9 Å². The predicted molar refractivity (Wildman–Crippen MR) is 113 cm³/mol. The predicted octanol–water partition coefficient (Wildman–Crippen LogP) is 2.22. The molecule has 166 valence electrons. The van der Waals surface area contributed by atoms with Gasteiger partial charge in [-0.3, -0.25) is 0 Å². The summed E-state index contributed by atoms with van der Waals surface area (Å²) >= 11 is 0. The highest BCUT2D eigenvalue weighted by Crippen LogP contribution is 2.27. The molecule has 0 aromatic carbocycles. The van der Waals surface area contributed by atoms with E-state index < -0.39 is 11.9 Å². The maximum Gasteiger partial charge on any atom is 0.341 e. The molecule has 2 aliphatic rings. The van der Waals surface area contributed by atoms with Gasteiger partial charge in [-0.2, -0.15) is 0 Å². The summed E-state index contributed by atoms with van der Waals surface area (Å²) in [5, 5.41) is 13.9. The molecular weight excluding hydrogens is 386 g/mol. The first-order valence-corrected chi connectivity index (χ1v) is 10.9. The Labute approximate surface area is 177 Å². The summed E-state index contributed by atoms with van der Waals surface area (Å²) in [6, 6.07) is 2.04. The molecule has 1 saturated heterocycles. The Kier molecular flexibility index (Phi) is 7.66. The topological polar surface area (TPSA) is 101 Å². The average molecular weight is 420 g/mol. The number of nitrogens with zero attached hydrogens (tertiary/aromatic N) is 2. The number of aromatic nitrogens is 1. The molecule has 30 heavy (non-hydrogen) atoms. The number of pyridine rings is 1. The van der Waals surface area contributed by atoms with E-state index in [0.29, 0.717) is 17.6 Å². The fraction of sp³-hybridized carbons (Fsp3) is 0.682. The molecule has 8 heteroatoms.